The van der Waals surface area contributed by atoms with Crippen LogP contribution in [-0.2, 0) is 27.4 Å². The van der Waals surface area contributed by atoms with Crippen molar-refractivity contribution in [3.05, 3.63) is 221 Å². The number of halogens is 6. The third-order valence-electron chi connectivity index (χ3n) is 19.8. The predicted octanol–water partition coefficient (Wildman–Crippen LogP) is 15.7. The highest BCUT2D eigenvalue weighted by Gasteiger charge is 2.33. The highest BCUT2D eigenvalue weighted by Crippen LogP contribution is 2.38. The molecule has 0 bridgehead atoms. The summed E-state index contributed by atoms with van der Waals surface area (Å²) in [4.78, 5) is 108. The van der Waals surface area contributed by atoms with Gasteiger partial charge in [-0.3, -0.25) is 35.8 Å². The zero-order chi connectivity index (χ0) is 87.8. The summed E-state index contributed by atoms with van der Waals surface area (Å²) < 4.78 is 24.5. The van der Waals surface area contributed by atoms with Gasteiger partial charge in [0.2, 0.25) is 0 Å². The highest BCUT2D eigenvalue weighted by molar-refractivity contribution is 6.61. The molecule has 0 saturated carbocycles. The second-order valence-electron chi connectivity index (χ2n) is 29.7. The normalized spacial score (nSPS) is 17.4. The number of nitrogens with zero attached hydrogens (tertiary/aromatic N) is 8. The van der Waals surface area contributed by atoms with Crippen molar-refractivity contribution in [2.24, 2.45) is 5.73 Å². The van der Waals surface area contributed by atoms with Crippen molar-refractivity contribution < 1.29 is 67.1 Å². The summed E-state index contributed by atoms with van der Waals surface area (Å²) >= 11 is 34.7. The number of urea groups is 2. The van der Waals surface area contributed by atoms with Gasteiger partial charge in [-0.25, -0.2) is 33.6 Å². The van der Waals surface area contributed by atoms with Gasteiger partial charge in [-0.2, -0.15) is 10.2 Å². The van der Waals surface area contributed by atoms with Crippen LogP contribution in [-0.4, -0.2) is 205 Å². The number of hydrogen-bond acceptors (Lipinski definition) is 21. The van der Waals surface area contributed by atoms with Gasteiger partial charge in [-0.05, 0) is 145 Å². The van der Waals surface area contributed by atoms with Crippen molar-refractivity contribution in [3.63, 3.8) is 0 Å². The summed E-state index contributed by atoms with van der Waals surface area (Å²) in [6.07, 6.45) is 5.51. The van der Waals surface area contributed by atoms with Gasteiger partial charge in [-0.1, -0.05) is 131 Å². The second-order valence-corrected chi connectivity index (χ2v) is 31.9. The molecule has 6 aliphatic heterocycles. The predicted molar refractivity (Wildman–Crippen MR) is 462 cm³/mol. The van der Waals surface area contributed by atoms with E-state index in [4.69, 9.17) is 95.0 Å². The number of benzene rings is 6. The molecule has 122 heavy (non-hydrogen) atoms. The number of aromatic nitrogens is 4. The number of hydrogen-bond donors (Lipinski definition) is 10. The Bertz CT molecular complexity index is 4800. The van der Waals surface area contributed by atoms with E-state index in [0.29, 0.717) is 77.6 Å². The molecule has 6 fully saturated rings. The number of carbonyl (C=O) groups excluding carboxylic acids is 7. The Balaban J connectivity index is 0.000000173. The fourth-order valence-electron chi connectivity index (χ4n) is 13.5. The molecule has 0 aliphatic carbocycles. The summed E-state index contributed by atoms with van der Waals surface area (Å²) in [5.41, 5.74) is 10.4. The number of amides is 7. The maximum Gasteiger partial charge on any atom is 0.412 e. The largest absolute Gasteiger partial charge is 0.449 e. The fraction of sp³-hybridized carbons (Fsp3) is 0.390. The van der Waals surface area contributed by atoms with Gasteiger partial charge in [0.15, 0.2) is 5.96 Å². The van der Waals surface area contributed by atoms with Crippen LogP contribution in [0.4, 0.5) is 44.9 Å². The van der Waals surface area contributed by atoms with Gasteiger partial charge in [-0.15, -0.1) is 0 Å². The second kappa shape index (κ2) is 47.3. The van der Waals surface area contributed by atoms with E-state index in [-0.39, 0.29) is 84.4 Å². The molecular formula is C82H96Cl6N18O16. The van der Waals surface area contributed by atoms with Crippen LogP contribution in [0.1, 0.15) is 106 Å². The number of carbonyl (C=O) groups is 7. The molecule has 8 heterocycles. The molecule has 40 heteroatoms. The zero-order valence-electron chi connectivity index (χ0n) is 67.0. The van der Waals surface area contributed by atoms with Crippen LogP contribution in [0.3, 0.4) is 0 Å². The summed E-state index contributed by atoms with van der Waals surface area (Å²) in [7, 11) is 0. The molecule has 652 valence electrons. The first kappa shape index (κ1) is 94.6. The Morgan fingerprint density at radius 3 is 1.33 bits per heavy atom. The van der Waals surface area contributed by atoms with E-state index in [9.17, 15) is 53.8 Å². The van der Waals surface area contributed by atoms with Crippen molar-refractivity contribution in [3.8, 4) is 34.0 Å². The minimum Gasteiger partial charge on any atom is -0.449 e. The molecule has 6 aromatic carbocycles. The Labute approximate surface area is 733 Å². The van der Waals surface area contributed by atoms with E-state index in [0.717, 1.165) is 129 Å². The van der Waals surface area contributed by atoms with Crippen molar-refractivity contribution in [1.29, 1.82) is 5.41 Å². The standard InChI is InChI=1S/C20H25Cl2N7O.C19H23Cl2N5O.C19H19N3O6.C9H18N2O2.C8H7ClO2.C7H4ClNO4/c21-15-3-1-2-14(18(15)22)17-10-16(26-27-17)12-4-7-28(8-5-12)20(30)25-13-6-9-29(11-13)19(23)24;20-15-3-1-2-14(18(15)21)17-10-16(24-25-17)12-5-8-26(9-6-12)19(27)23-13-4-7-22-11-13;23-18(28-17-8-6-16(7-9-17)22(25)26)20-15-10-11-21(12-15)19(24)27-13-14-4-2-1-3-5-14;1-9(2,3)13-8(12)11-7-4-5-10-6-7;9-8(10)11-6-7-4-2-1-3-5-7;8-7(10)13-6-3-1-5(2-4-6)9(11)12/h1-3,10,12-13H,4-9,11H2,(H3,23,24)(H,25,30)(H,26,27);1-3,10,12-13,22H,4-9,11H2,(H,23,27)(H,24,25);1-9,15H,10-13H2,(H,20,23);7,10H,4-6H2,1-3H3,(H,11,12);1-5H,6H2;1-4H/t2*13-;15-;7-;;/m0000../s1. The first-order chi connectivity index (χ1) is 58.4. The van der Waals surface area contributed by atoms with Crippen LogP contribution in [0.15, 0.2) is 158 Å². The molecule has 7 amide bonds. The van der Waals surface area contributed by atoms with E-state index < -0.39 is 38.5 Å². The molecule has 0 radical (unpaired) electrons. The molecule has 11 N–H and O–H groups in total. The van der Waals surface area contributed by atoms with Gasteiger partial charge < -0.3 is 80.9 Å². The lowest BCUT2D eigenvalue weighted by molar-refractivity contribution is -0.385. The van der Waals surface area contributed by atoms with Crippen LogP contribution in [0, 0.1) is 25.6 Å². The highest BCUT2D eigenvalue weighted by atomic mass is 35.5. The minimum atomic E-state index is -0.978. The summed E-state index contributed by atoms with van der Waals surface area (Å²) in [5, 5.41) is 63.6. The van der Waals surface area contributed by atoms with Gasteiger partial charge in [0.05, 0.1) is 47.4 Å². The Morgan fingerprint density at radius 1 is 0.500 bits per heavy atom. The summed E-state index contributed by atoms with van der Waals surface area (Å²) in [6, 6.07) is 44.4. The van der Waals surface area contributed by atoms with E-state index in [1.807, 2.05) is 128 Å². The number of nitrogens with two attached hydrogens (primary N) is 1. The lowest BCUT2D eigenvalue weighted by Gasteiger charge is -2.32. The molecule has 8 aromatic rings. The van der Waals surface area contributed by atoms with E-state index in [1.54, 1.807) is 17.0 Å². The number of nitro groups is 2. The van der Waals surface area contributed by atoms with Gasteiger partial charge in [0.25, 0.3) is 11.4 Å². The number of H-pyrrole nitrogens is 2. The number of guanidine groups is 1. The van der Waals surface area contributed by atoms with Gasteiger partial charge in [0.1, 0.15) is 30.3 Å². The molecular weight excluding hydrogens is 1710 g/mol. The molecule has 2 aromatic heterocycles. The average molecular weight is 1800 g/mol. The molecule has 34 nitrogen and oxygen atoms in total. The van der Waals surface area contributed by atoms with E-state index >= 15 is 0 Å². The molecule has 4 atom stereocenters. The Kier molecular flexibility index (Phi) is 36.6. The van der Waals surface area contributed by atoms with Crippen LogP contribution in [0.25, 0.3) is 22.5 Å². The lowest BCUT2D eigenvalue weighted by atomic mass is 9.93. The number of ether oxygens (including phenoxy) is 5. The SMILES string of the molecule is CC(C)(C)OC(=O)N[C@H]1CCNC1.N=C(N)N1CC[C@H](NC(=O)N2CCC(c3cc(-c4cccc(Cl)c4Cl)n[nH]3)CC2)C1.O=C(Cl)OCc1ccccc1.O=C(Cl)Oc1ccc([N+](=O)[O-])cc1.O=C(N[C@H]1CCN(C(=O)OCc2ccccc2)C1)Oc1ccc([N+](=O)[O-])cc1.O=C(N[C@H]1CCNC1)N1CCC(c2cc(-c3cccc(Cl)c3Cl)n[nH]2)CC1. The molecule has 0 spiro atoms. The zero-order valence-corrected chi connectivity index (χ0v) is 71.5. The third kappa shape index (κ3) is 31.0. The number of nitrogens with one attached hydrogen (secondary N) is 9. The number of rotatable bonds is 16. The van der Waals surface area contributed by atoms with Gasteiger partial charge in [0, 0.05) is 165 Å². The number of aromatic amines is 2. The minimum absolute atomic E-state index is 0.0386. The molecule has 14 rings (SSSR count). The molecule has 0 unspecified atom stereocenters. The van der Waals surface area contributed by atoms with Crippen molar-refractivity contribution >= 4 is 128 Å². The first-order valence-corrected chi connectivity index (χ1v) is 41.4. The van der Waals surface area contributed by atoms with Crippen LogP contribution >= 0.6 is 69.6 Å². The van der Waals surface area contributed by atoms with Crippen LogP contribution in [0.2, 0.25) is 20.1 Å². The van der Waals surface area contributed by atoms with Gasteiger partial charge >= 0.3 is 41.2 Å². The van der Waals surface area contributed by atoms with Crippen LogP contribution in [0.5, 0.6) is 11.5 Å². The van der Waals surface area contributed by atoms with Crippen molar-refractivity contribution in [2.45, 2.75) is 127 Å². The quantitative estimate of drug-likeness (QED) is 0.0107. The van der Waals surface area contributed by atoms with E-state index in [1.165, 1.54) is 53.4 Å². The van der Waals surface area contributed by atoms with Crippen LogP contribution < -0.4 is 47.1 Å². The number of nitro benzene ring substituents is 2. The molecule has 6 saturated heterocycles. The summed E-state index contributed by atoms with van der Waals surface area (Å²) in [5.74, 6) is 1.10. The average Bonchev–Trinajstić information content (AvgIpc) is 1.65. The third-order valence-corrected chi connectivity index (χ3v) is 21.6. The van der Waals surface area contributed by atoms with E-state index in [2.05, 4.69) is 61.8 Å². The number of piperidine rings is 2. The number of alkyl carbamates (subject to hydrolysis) is 1. The monoisotopic (exact) mass is 1800 g/mol. The maximum atomic E-state index is 12.6. The number of likely N-dealkylation sites (tertiary alicyclic amines) is 4. The lowest BCUT2D eigenvalue weighted by Crippen LogP contribution is -2.48. The smallest absolute Gasteiger partial charge is 0.412 e. The van der Waals surface area contributed by atoms with Crippen molar-refractivity contribution in [2.75, 3.05) is 78.5 Å². The topological polar surface area (TPSA) is 444 Å². The Morgan fingerprint density at radius 2 is 0.910 bits per heavy atom. The summed E-state index contributed by atoms with van der Waals surface area (Å²) in [6.45, 7) is 14.7. The maximum absolute atomic E-state index is 12.6. The fourth-order valence-corrected chi connectivity index (χ4v) is 14.4. The molecule has 6 aliphatic rings. The Hall–Kier alpha value is -11.2. The number of non-ortho nitro benzene ring substituents is 2. The van der Waals surface area contributed by atoms with Crippen molar-refractivity contribution in [1.82, 2.24) is 71.9 Å². The first-order valence-electron chi connectivity index (χ1n) is 39.2.